The second-order valence-corrected chi connectivity index (χ2v) is 11.7. The van der Waals surface area contributed by atoms with Crippen LogP contribution < -0.4 is 17.2 Å². The highest BCUT2D eigenvalue weighted by molar-refractivity contribution is 6.31. The molecule has 0 spiro atoms. The third kappa shape index (κ3) is 7.09. The van der Waals surface area contributed by atoms with Crippen molar-refractivity contribution in [1.82, 2.24) is 14.5 Å². The molecule has 3 atom stereocenters. The molecule has 0 amide bonds. The molecular weight excluding hydrogens is 555 g/mol. The summed E-state index contributed by atoms with van der Waals surface area (Å²) in [5, 5.41) is 0.738. The number of aromatic amines is 1. The summed E-state index contributed by atoms with van der Waals surface area (Å²) < 4.78 is 22.9. The van der Waals surface area contributed by atoms with Gasteiger partial charge in [-0.05, 0) is 100 Å². The zero-order valence-corrected chi connectivity index (χ0v) is 24.8. The van der Waals surface area contributed by atoms with Crippen LogP contribution in [0.15, 0.2) is 58.4 Å². The summed E-state index contributed by atoms with van der Waals surface area (Å²) >= 11 is 6.25. The van der Waals surface area contributed by atoms with Gasteiger partial charge >= 0.3 is 5.69 Å². The average Bonchev–Trinajstić information content (AvgIpc) is 3.37. The Morgan fingerprint density at radius 1 is 1.26 bits per heavy atom. The molecule has 5 rings (SSSR count). The monoisotopic (exact) mass is 592 g/mol. The fourth-order valence-electron chi connectivity index (χ4n) is 5.53. The van der Waals surface area contributed by atoms with E-state index in [0.717, 1.165) is 56.1 Å². The predicted octanol–water partition coefficient (Wildman–Crippen LogP) is 6.22. The normalized spacial score (nSPS) is 18.5. The molecule has 1 fully saturated rings. The number of hydrogen-bond donors (Lipinski definition) is 3. The van der Waals surface area contributed by atoms with E-state index < -0.39 is 11.5 Å². The lowest BCUT2D eigenvalue weighted by Crippen LogP contribution is -2.24. The third-order valence-electron chi connectivity index (χ3n) is 7.72. The maximum atomic E-state index is 15.1. The molecule has 1 saturated heterocycles. The molecule has 0 bridgehead atoms. The SMILES string of the molecule is CC(N)=NCC[C@@H]1CCC[C@@H](c2ccc(-n3cc4cc(-c5cc(CCC[C@H](C)N)cc(Cl)c5F)[nH]c4nc3=O)cc2)O1. The first-order chi connectivity index (χ1) is 20.2. The van der Waals surface area contributed by atoms with Gasteiger partial charge in [-0.2, -0.15) is 4.98 Å². The van der Waals surface area contributed by atoms with Gasteiger partial charge in [-0.25, -0.2) is 9.18 Å². The fraction of sp³-hybridized carbons (Fsp3) is 0.406. The molecule has 1 aliphatic heterocycles. The number of nitrogens with two attached hydrogens (primary N) is 2. The number of ether oxygens (including phenoxy) is 1. The molecule has 8 nitrogen and oxygen atoms in total. The van der Waals surface area contributed by atoms with Crippen LogP contribution in [0.5, 0.6) is 0 Å². The smallest absolute Gasteiger partial charge is 0.354 e. The van der Waals surface area contributed by atoms with Crippen molar-refractivity contribution in [1.29, 1.82) is 0 Å². The summed E-state index contributed by atoms with van der Waals surface area (Å²) in [7, 11) is 0. The minimum Gasteiger partial charge on any atom is -0.388 e. The number of amidine groups is 1. The minimum absolute atomic E-state index is 0.00139. The molecule has 2 aromatic heterocycles. The molecule has 0 unspecified atom stereocenters. The zero-order valence-electron chi connectivity index (χ0n) is 24.1. The van der Waals surface area contributed by atoms with Crippen LogP contribution in [0, 0.1) is 5.82 Å². The number of fused-ring (bicyclic) bond motifs is 1. The number of benzene rings is 2. The Morgan fingerprint density at radius 3 is 2.79 bits per heavy atom. The molecule has 10 heteroatoms. The van der Waals surface area contributed by atoms with E-state index in [1.165, 1.54) is 4.57 Å². The van der Waals surface area contributed by atoms with Gasteiger partial charge in [0.2, 0.25) is 0 Å². The van der Waals surface area contributed by atoms with Gasteiger partial charge in [0.05, 0.1) is 34.4 Å². The number of H-pyrrole nitrogens is 1. The van der Waals surface area contributed by atoms with E-state index in [1.54, 1.807) is 31.3 Å². The summed E-state index contributed by atoms with van der Waals surface area (Å²) in [4.78, 5) is 24.6. The first-order valence-corrected chi connectivity index (χ1v) is 14.9. The van der Waals surface area contributed by atoms with Gasteiger partial charge in [0.15, 0.2) is 5.82 Å². The van der Waals surface area contributed by atoms with Crippen molar-refractivity contribution in [2.45, 2.75) is 77.0 Å². The molecule has 5 N–H and O–H groups in total. The van der Waals surface area contributed by atoms with Gasteiger partial charge in [-0.1, -0.05) is 23.7 Å². The quantitative estimate of drug-likeness (QED) is 0.149. The van der Waals surface area contributed by atoms with Gasteiger partial charge in [0.25, 0.3) is 0 Å². The molecule has 222 valence electrons. The number of nitrogens with one attached hydrogen (secondary N) is 1. The fourth-order valence-corrected chi connectivity index (χ4v) is 5.77. The maximum Gasteiger partial charge on any atom is 0.354 e. The predicted molar refractivity (Wildman–Crippen MR) is 167 cm³/mol. The molecule has 2 aromatic carbocycles. The van der Waals surface area contributed by atoms with E-state index in [-0.39, 0.29) is 23.3 Å². The lowest BCUT2D eigenvalue weighted by Gasteiger charge is -2.30. The van der Waals surface area contributed by atoms with Crippen LogP contribution >= 0.6 is 11.6 Å². The Kier molecular flexibility index (Phi) is 9.40. The highest BCUT2D eigenvalue weighted by Gasteiger charge is 2.23. The third-order valence-corrected chi connectivity index (χ3v) is 7.99. The van der Waals surface area contributed by atoms with Crippen LogP contribution in [0.1, 0.15) is 69.6 Å². The Bertz CT molecular complexity index is 1620. The van der Waals surface area contributed by atoms with E-state index >= 15 is 4.39 Å². The summed E-state index contributed by atoms with van der Waals surface area (Å²) in [5.74, 6) is 0.0747. The van der Waals surface area contributed by atoms with Crippen molar-refractivity contribution in [3.63, 3.8) is 0 Å². The van der Waals surface area contributed by atoms with E-state index in [2.05, 4.69) is 15.0 Å². The van der Waals surface area contributed by atoms with Gasteiger partial charge in [-0.15, -0.1) is 0 Å². The molecule has 1 aliphatic rings. The van der Waals surface area contributed by atoms with Crippen molar-refractivity contribution in [2.24, 2.45) is 16.5 Å². The largest absolute Gasteiger partial charge is 0.388 e. The van der Waals surface area contributed by atoms with Crippen molar-refractivity contribution in [3.05, 3.63) is 81.1 Å². The van der Waals surface area contributed by atoms with Crippen LogP contribution in [0.25, 0.3) is 28.0 Å². The van der Waals surface area contributed by atoms with Gasteiger partial charge in [0.1, 0.15) is 5.65 Å². The van der Waals surface area contributed by atoms with Crippen LogP contribution in [-0.4, -0.2) is 39.1 Å². The van der Waals surface area contributed by atoms with Crippen molar-refractivity contribution >= 4 is 28.5 Å². The molecular formula is C32H38ClFN6O2. The summed E-state index contributed by atoms with van der Waals surface area (Å²) in [6, 6.07) is 13.1. The van der Waals surface area contributed by atoms with E-state index in [0.29, 0.717) is 40.4 Å². The molecule has 4 aromatic rings. The first-order valence-electron chi connectivity index (χ1n) is 14.6. The second-order valence-electron chi connectivity index (χ2n) is 11.3. The van der Waals surface area contributed by atoms with E-state index in [4.69, 9.17) is 27.8 Å². The van der Waals surface area contributed by atoms with E-state index in [1.807, 2.05) is 31.2 Å². The topological polar surface area (TPSA) is 124 Å². The maximum absolute atomic E-state index is 15.1. The minimum atomic E-state index is -0.514. The number of aliphatic imine (C=N–C) groups is 1. The summed E-state index contributed by atoms with van der Waals surface area (Å²) in [5.41, 5.74) is 15.0. The Labute approximate surface area is 250 Å². The van der Waals surface area contributed by atoms with Gasteiger partial charge in [0, 0.05) is 29.7 Å². The lowest BCUT2D eigenvalue weighted by molar-refractivity contribution is -0.0535. The van der Waals surface area contributed by atoms with Crippen molar-refractivity contribution < 1.29 is 9.13 Å². The number of rotatable bonds is 10. The number of nitrogens with zero attached hydrogens (tertiary/aromatic N) is 3. The van der Waals surface area contributed by atoms with E-state index in [9.17, 15) is 4.79 Å². The van der Waals surface area contributed by atoms with Crippen LogP contribution in [0.4, 0.5) is 4.39 Å². The van der Waals surface area contributed by atoms with Gasteiger partial charge in [-0.3, -0.25) is 9.56 Å². The average molecular weight is 593 g/mol. The number of aryl methyl sites for hydroxylation is 1. The summed E-state index contributed by atoms with van der Waals surface area (Å²) in [6.07, 6.45) is 8.25. The highest BCUT2D eigenvalue weighted by Crippen LogP contribution is 2.34. The standard InChI is InChI=1S/C32H38ClFN6O2/c1-19(35)5-3-6-21-15-26(30(34)27(33)16-21)28-17-23-18-40(32(41)39-31(23)38-28)24-11-9-22(10-12-24)29-8-4-7-25(42-29)13-14-37-20(2)36/h9-12,15-19,25,29H,3-8,13-14,35H2,1-2H3,(H2,36,37)(H,38,39,41)/t19-,25-,29-/m0/s1. The molecule has 0 radical (unpaired) electrons. The molecule has 42 heavy (non-hydrogen) atoms. The highest BCUT2D eigenvalue weighted by atomic mass is 35.5. The second kappa shape index (κ2) is 13.2. The Morgan fingerprint density at radius 2 is 2.05 bits per heavy atom. The Hall–Kier alpha value is -3.53. The Balaban J connectivity index is 1.35. The lowest BCUT2D eigenvalue weighted by atomic mass is 9.97. The van der Waals surface area contributed by atoms with Crippen LogP contribution in [-0.2, 0) is 11.2 Å². The number of aromatic nitrogens is 3. The van der Waals surface area contributed by atoms with Gasteiger partial charge < -0.3 is 21.2 Å². The van der Waals surface area contributed by atoms with Crippen LogP contribution in [0.3, 0.4) is 0 Å². The molecule has 0 aliphatic carbocycles. The number of hydrogen-bond acceptors (Lipinski definition) is 5. The van der Waals surface area contributed by atoms with Crippen molar-refractivity contribution in [3.8, 4) is 16.9 Å². The zero-order chi connectivity index (χ0) is 29.8. The van der Waals surface area contributed by atoms with Crippen molar-refractivity contribution in [2.75, 3.05) is 6.54 Å². The molecule has 3 heterocycles. The first kappa shape index (κ1) is 29.9. The number of halogens is 2. The van der Waals surface area contributed by atoms with Crippen LogP contribution in [0.2, 0.25) is 5.02 Å². The molecule has 0 saturated carbocycles. The summed E-state index contributed by atoms with van der Waals surface area (Å²) in [6.45, 7) is 4.42.